The van der Waals surface area contributed by atoms with E-state index in [9.17, 15) is 10.1 Å². The number of nitrogens with two attached hydrogens (primary N) is 1. The first kappa shape index (κ1) is 24.7. The van der Waals surface area contributed by atoms with Crippen LogP contribution in [0.1, 0.15) is 37.8 Å². The van der Waals surface area contributed by atoms with Gasteiger partial charge in [0.15, 0.2) is 11.5 Å². The van der Waals surface area contributed by atoms with Crippen molar-refractivity contribution in [3.8, 4) is 17.6 Å². The molecular weight excluding hydrogens is 456 g/mol. The Bertz CT molecular complexity index is 1400. The number of nitrogens with zero attached hydrogens (tertiary/aromatic N) is 1. The minimum atomic E-state index is -0.755. The highest BCUT2D eigenvalue weighted by atomic mass is 16.5. The van der Waals surface area contributed by atoms with Crippen molar-refractivity contribution in [2.24, 2.45) is 5.73 Å². The SMILES string of the molecule is CCOC(=O)C1=C(C)OC(N)=C(C#N)C1c1ccc(OCc2cccc3ccccc23)c(OCC)c1. The number of carbonyl (C=O) groups excluding carboxylic acids is 1. The van der Waals surface area contributed by atoms with Crippen molar-refractivity contribution in [2.75, 3.05) is 13.2 Å². The largest absolute Gasteiger partial charge is 0.490 e. The molecule has 0 amide bonds. The predicted molar refractivity (Wildman–Crippen MR) is 136 cm³/mol. The minimum Gasteiger partial charge on any atom is -0.490 e. The summed E-state index contributed by atoms with van der Waals surface area (Å²) < 4.78 is 22.8. The highest BCUT2D eigenvalue weighted by molar-refractivity contribution is 5.92. The summed E-state index contributed by atoms with van der Waals surface area (Å²) in [5.41, 5.74) is 8.08. The Morgan fingerprint density at radius 1 is 1.03 bits per heavy atom. The second-order valence-electron chi connectivity index (χ2n) is 8.18. The van der Waals surface area contributed by atoms with Crippen molar-refractivity contribution in [1.29, 1.82) is 5.26 Å². The Hall–Kier alpha value is -4.44. The Kier molecular flexibility index (Phi) is 7.45. The number of ether oxygens (including phenoxy) is 4. The summed E-state index contributed by atoms with van der Waals surface area (Å²) in [5.74, 6) is -0.0111. The number of carbonyl (C=O) groups is 1. The van der Waals surface area contributed by atoms with Crippen LogP contribution in [0.15, 0.2) is 83.5 Å². The molecule has 1 atom stereocenters. The van der Waals surface area contributed by atoms with Crippen LogP contribution in [0.2, 0.25) is 0 Å². The lowest BCUT2D eigenvalue weighted by Gasteiger charge is -2.27. The summed E-state index contributed by atoms with van der Waals surface area (Å²) in [7, 11) is 0. The van der Waals surface area contributed by atoms with Crippen molar-refractivity contribution < 1.29 is 23.7 Å². The molecule has 1 unspecified atom stereocenters. The van der Waals surface area contributed by atoms with Gasteiger partial charge in [0, 0.05) is 0 Å². The minimum absolute atomic E-state index is 0.0395. The number of esters is 1. The van der Waals surface area contributed by atoms with Crippen LogP contribution < -0.4 is 15.2 Å². The van der Waals surface area contributed by atoms with E-state index in [1.165, 1.54) is 0 Å². The lowest BCUT2D eigenvalue weighted by atomic mass is 9.83. The highest BCUT2D eigenvalue weighted by Gasteiger charge is 2.36. The molecule has 1 aliphatic rings. The molecule has 0 bridgehead atoms. The van der Waals surface area contributed by atoms with Crippen LogP contribution in [0.3, 0.4) is 0 Å². The van der Waals surface area contributed by atoms with E-state index in [1.54, 1.807) is 32.0 Å². The van der Waals surface area contributed by atoms with Crippen LogP contribution in [0.4, 0.5) is 0 Å². The molecule has 1 heterocycles. The smallest absolute Gasteiger partial charge is 0.338 e. The summed E-state index contributed by atoms with van der Waals surface area (Å²) in [5, 5.41) is 12.1. The Morgan fingerprint density at radius 2 is 1.81 bits per heavy atom. The van der Waals surface area contributed by atoms with E-state index in [2.05, 4.69) is 24.3 Å². The summed E-state index contributed by atoms with van der Waals surface area (Å²) in [6.45, 7) is 6.17. The molecule has 36 heavy (non-hydrogen) atoms. The number of hydrogen-bond donors (Lipinski definition) is 1. The standard InChI is InChI=1S/C29H28N2O5/c1-4-33-25-15-20(27-23(16-30)28(31)36-18(3)26(27)29(32)34-5-2)13-14-24(25)35-17-21-11-8-10-19-9-6-7-12-22(19)21/h6-15,27H,4-5,17,31H2,1-3H3. The molecule has 0 aliphatic carbocycles. The quantitative estimate of drug-likeness (QED) is 0.423. The second kappa shape index (κ2) is 10.9. The molecule has 0 aromatic heterocycles. The molecule has 0 saturated heterocycles. The first-order chi connectivity index (χ1) is 17.5. The van der Waals surface area contributed by atoms with Gasteiger partial charge in [-0.3, -0.25) is 0 Å². The van der Waals surface area contributed by atoms with E-state index in [1.807, 2.05) is 31.2 Å². The topological polar surface area (TPSA) is 104 Å². The van der Waals surface area contributed by atoms with E-state index in [0.29, 0.717) is 36.0 Å². The zero-order valence-corrected chi connectivity index (χ0v) is 20.5. The fourth-order valence-electron chi connectivity index (χ4n) is 4.35. The normalized spacial score (nSPS) is 15.3. The van der Waals surface area contributed by atoms with Gasteiger partial charge in [0.1, 0.15) is 24.0 Å². The lowest BCUT2D eigenvalue weighted by molar-refractivity contribution is -0.139. The third-order valence-corrected chi connectivity index (χ3v) is 5.97. The van der Waals surface area contributed by atoms with E-state index >= 15 is 0 Å². The Morgan fingerprint density at radius 3 is 2.56 bits per heavy atom. The Balaban J connectivity index is 1.71. The maximum atomic E-state index is 12.8. The number of hydrogen-bond acceptors (Lipinski definition) is 7. The van der Waals surface area contributed by atoms with Gasteiger partial charge in [0.05, 0.1) is 24.7 Å². The van der Waals surface area contributed by atoms with Crippen molar-refractivity contribution in [1.82, 2.24) is 0 Å². The van der Waals surface area contributed by atoms with Gasteiger partial charge in [-0.2, -0.15) is 5.26 Å². The van der Waals surface area contributed by atoms with Crippen molar-refractivity contribution in [3.63, 3.8) is 0 Å². The van der Waals surface area contributed by atoms with Gasteiger partial charge in [-0.25, -0.2) is 4.79 Å². The van der Waals surface area contributed by atoms with Crippen LogP contribution in [0.25, 0.3) is 10.8 Å². The molecule has 7 heteroatoms. The van der Waals surface area contributed by atoms with E-state index in [4.69, 9.17) is 24.7 Å². The van der Waals surface area contributed by atoms with Crippen LogP contribution >= 0.6 is 0 Å². The lowest BCUT2D eigenvalue weighted by Crippen LogP contribution is -2.25. The molecule has 1 aliphatic heterocycles. The van der Waals surface area contributed by atoms with Crippen LogP contribution in [0.5, 0.6) is 11.5 Å². The van der Waals surface area contributed by atoms with Crippen LogP contribution in [-0.4, -0.2) is 19.2 Å². The first-order valence-electron chi connectivity index (χ1n) is 11.8. The average molecular weight is 485 g/mol. The van der Waals surface area contributed by atoms with Gasteiger partial charge in [-0.15, -0.1) is 0 Å². The highest BCUT2D eigenvalue weighted by Crippen LogP contribution is 2.42. The summed E-state index contributed by atoms with van der Waals surface area (Å²) in [6, 6.07) is 21.7. The molecule has 0 fully saturated rings. The monoisotopic (exact) mass is 484 g/mol. The summed E-state index contributed by atoms with van der Waals surface area (Å²) in [4.78, 5) is 12.8. The molecule has 2 N–H and O–H groups in total. The van der Waals surface area contributed by atoms with Crippen LogP contribution in [0, 0.1) is 11.3 Å². The number of nitriles is 1. The van der Waals surface area contributed by atoms with Gasteiger partial charge >= 0.3 is 5.97 Å². The predicted octanol–water partition coefficient (Wildman–Crippen LogP) is 5.46. The van der Waals surface area contributed by atoms with Crippen LogP contribution in [-0.2, 0) is 20.9 Å². The van der Waals surface area contributed by atoms with Gasteiger partial charge in [0.25, 0.3) is 0 Å². The molecule has 0 saturated carbocycles. The molecule has 184 valence electrons. The fraction of sp³-hybridized carbons (Fsp3) is 0.241. The zero-order chi connectivity index (χ0) is 25.7. The molecule has 0 radical (unpaired) electrons. The first-order valence-corrected chi connectivity index (χ1v) is 11.8. The van der Waals surface area contributed by atoms with E-state index in [0.717, 1.165) is 16.3 Å². The van der Waals surface area contributed by atoms with E-state index < -0.39 is 11.9 Å². The van der Waals surface area contributed by atoms with Gasteiger partial charge in [0.2, 0.25) is 5.88 Å². The number of benzene rings is 3. The molecule has 0 spiro atoms. The Labute approximate surface area is 210 Å². The van der Waals surface area contributed by atoms with E-state index in [-0.39, 0.29) is 23.6 Å². The average Bonchev–Trinajstić information content (AvgIpc) is 2.87. The number of fused-ring (bicyclic) bond motifs is 1. The second-order valence-corrected chi connectivity index (χ2v) is 8.18. The van der Waals surface area contributed by atoms with Gasteiger partial charge < -0.3 is 24.7 Å². The van der Waals surface area contributed by atoms with Crippen molar-refractivity contribution >= 4 is 16.7 Å². The number of rotatable bonds is 8. The molecule has 3 aromatic carbocycles. The fourth-order valence-corrected chi connectivity index (χ4v) is 4.35. The van der Waals surface area contributed by atoms with Gasteiger partial charge in [-0.05, 0) is 54.8 Å². The summed E-state index contributed by atoms with van der Waals surface area (Å²) >= 11 is 0. The van der Waals surface area contributed by atoms with Crippen molar-refractivity contribution in [2.45, 2.75) is 33.3 Å². The third-order valence-electron chi connectivity index (χ3n) is 5.97. The molecule has 3 aromatic rings. The van der Waals surface area contributed by atoms with Crippen molar-refractivity contribution in [3.05, 3.63) is 94.6 Å². The molecule has 7 nitrogen and oxygen atoms in total. The number of allylic oxidation sites excluding steroid dienone is 2. The maximum absolute atomic E-state index is 12.8. The zero-order valence-electron chi connectivity index (χ0n) is 20.5. The molecular formula is C29H28N2O5. The molecule has 4 rings (SSSR count). The van der Waals surface area contributed by atoms with Gasteiger partial charge in [-0.1, -0.05) is 48.5 Å². The third kappa shape index (κ3) is 4.84. The maximum Gasteiger partial charge on any atom is 0.338 e. The summed E-state index contributed by atoms with van der Waals surface area (Å²) in [6.07, 6.45) is 0.